The maximum atomic E-state index is 6.23. The third kappa shape index (κ3) is 1.62. The van der Waals surface area contributed by atoms with Crippen LogP contribution in [0.4, 0.5) is 5.82 Å². The van der Waals surface area contributed by atoms with Crippen LogP contribution in [0.5, 0.6) is 0 Å². The number of H-pyrrole nitrogens is 1. The van der Waals surface area contributed by atoms with Gasteiger partial charge in [0.05, 0.1) is 18.5 Å². The van der Waals surface area contributed by atoms with Gasteiger partial charge in [-0.1, -0.05) is 0 Å². The lowest BCUT2D eigenvalue weighted by Gasteiger charge is -2.52. The fraction of sp³-hybridized carbons (Fsp3) is 0.583. The summed E-state index contributed by atoms with van der Waals surface area (Å²) in [6.45, 7) is 0.829. The molecule has 7 nitrogen and oxygen atoms in total. The van der Waals surface area contributed by atoms with Gasteiger partial charge in [-0.15, -0.1) is 0 Å². The summed E-state index contributed by atoms with van der Waals surface area (Å²) in [6.07, 6.45) is 5.60. The van der Waals surface area contributed by atoms with Crippen LogP contribution in [0.3, 0.4) is 0 Å². The van der Waals surface area contributed by atoms with Gasteiger partial charge in [0.1, 0.15) is 11.8 Å². The molecule has 3 heterocycles. The van der Waals surface area contributed by atoms with E-state index < -0.39 is 0 Å². The standard InChI is InChI=1S/C12H16N6O/c13-7-6-2-1-3-19-10(6)8(7)18-12-9-11(15-4-14-9)16-5-17-12/h4-8,10H,1-3,13H2,(H2,14,15,16,17,18). The zero-order chi connectivity index (χ0) is 12.8. The minimum atomic E-state index is 0.117. The number of aromatic amines is 1. The Hall–Kier alpha value is -1.73. The number of nitrogens with zero attached hydrogens (tertiary/aromatic N) is 3. The molecule has 4 atom stereocenters. The third-order valence-electron chi connectivity index (χ3n) is 4.20. The van der Waals surface area contributed by atoms with Crippen molar-refractivity contribution in [3.05, 3.63) is 12.7 Å². The first kappa shape index (κ1) is 11.1. The van der Waals surface area contributed by atoms with Crippen molar-refractivity contribution in [3.63, 3.8) is 0 Å². The first-order valence-electron chi connectivity index (χ1n) is 6.62. The highest BCUT2D eigenvalue weighted by atomic mass is 16.5. The van der Waals surface area contributed by atoms with Crippen LogP contribution in [0.2, 0.25) is 0 Å². The van der Waals surface area contributed by atoms with E-state index in [2.05, 4.69) is 25.3 Å². The number of nitrogens with two attached hydrogens (primary N) is 1. The largest absolute Gasteiger partial charge is 0.376 e. The number of anilines is 1. The van der Waals surface area contributed by atoms with Crippen molar-refractivity contribution in [1.82, 2.24) is 19.9 Å². The van der Waals surface area contributed by atoms with Crippen molar-refractivity contribution in [3.8, 4) is 0 Å². The number of imidazole rings is 1. The molecule has 4 rings (SSSR count). The van der Waals surface area contributed by atoms with Crippen LogP contribution in [-0.2, 0) is 4.74 Å². The Bertz CT molecular complexity index is 599. The molecule has 0 amide bonds. The maximum absolute atomic E-state index is 6.23. The van der Waals surface area contributed by atoms with E-state index in [0.717, 1.165) is 30.8 Å². The van der Waals surface area contributed by atoms with Crippen LogP contribution >= 0.6 is 0 Å². The first-order chi connectivity index (χ1) is 9.34. The molecule has 0 radical (unpaired) electrons. The molecule has 0 bridgehead atoms. The lowest BCUT2D eigenvalue weighted by Crippen LogP contribution is -2.69. The number of nitrogens with one attached hydrogen (secondary N) is 2. The molecular formula is C12H16N6O. The highest BCUT2D eigenvalue weighted by Gasteiger charge is 2.50. The second kappa shape index (κ2) is 4.14. The van der Waals surface area contributed by atoms with Crippen LogP contribution in [0.15, 0.2) is 12.7 Å². The normalized spacial score (nSPS) is 33.7. The monoisotopic (exact) mass is 260 g/mol. The molecule has 1 aliphatic carbocycles. The molecule has 1 saturated carbocycles. The predicted molar refractivity (Wildman–Crippen MR) is 69.5 cm³/mol. The van der Waals surface area contributed by atoms with E-state index in [1.807, 2.05) is 0 Å². The van der Waals surface area contributed by atoms with E-state index in [1.165, 1.54) is 6.33 Å². The molecule has 2 aromatic heterocycles. The topological polar surface area (TPSA) is 102 Å². The van der Waals surface area contributed by atoms with Gasteiger partial charge >= 0.3 is 0 Å². The van der Waals surface area contributed by atoms with Gasteiger partial charge in [0.15, 0.2) is 11.5 Å². The molecular weight excluding hydrogens is 244 g/mol. The van der Waals surface area contributed by atoms with Gasteiger partial charge in [0.2, 0.25) is 0 Å². The average molecular weight is 260 g/mol. The van der Waals surface area contributed by atoms with Gasteiger partial charge in [-0.2, -0.15) is 0 Å². The number of ether oxygens (including phenoxy) is 1. The van der Waals surface area contributed by atoms with E-state index in [1.54, 1.807) is 6.33 Å². The number of hydrogen-bond acceptors (Lipinski definition) is 6. The molecule has 2 fully saturated rings. The molecule has 2 aromatic rings. The second-order valence-corrected chi connectivity index (χ2v) is 5.21. The summed E-state index contributed by atoms with van der Waals surface area (Å²) in [5.74, 6) is 1.22. The Labute approximate surface area is 110 Å². The van der Waals surface area contributed by atoms with Crippen molar-refractivity contribution >= 4 is 17.0 Å². The fourth-order valence-electron chi connectivity index (χ4n) is 3.16. The number of aromatic nitrogens is 4. The summed E-state index contributed by atoms with van der Waals surface area (Å²) in [7, 11) is 0. The highest BCUT2D eigenvalue weighted by Crippen LogP contribution is 2.38. The minimum Gasteiger partial charge on any atom is -0.376 e. The Morgan fingerprint density at radius 3 is 3.26 bits per heavy atom. The molecule has 0 spiro atoms. The van der Waals surface area contributed by atoms with E-state index in [0.29, 0.717) is 11.6 Å². The van der Waals surface area contributed by atoms with Crippen molar-refractivity contribution < 1.29 is 4.74 Å². The molecule has 4 unspecified atom stereocenters. The zero-order valence-electron chi connectivity index (χ0n) is 10.4. The van der Waals surface area contributed by atoms with Crippen LogP contribution in [0.1, 0.15) is 12.8 Å². The predicted octanol–water partition coefficient (Wildman–Crippen LogP) is 0.269. The van der Waals surface area contributed by atoms with Gasteiger partial charge in [0, 0.05) is 18.6 Å². The molecule has 19 heavy (non-hydrogen) atoms. The summed E-state index contributed by atoms with van der Waals surface area (Å²) < 4.78 is 5.81. The molecule has 2 aliphatic rings. The van der Waals surface area contributed by atoms with Gasteiger partial charge in [0.25, 0.3) is 0 Å². The molecule has 7 heteroatoms. The molecule has 4 N–H and O–H groups in total. The molecule has 1 saturated heterocycles. The van der Waals surface area contributed by atoms with Gasteiger partial charge in [-0.3, -0.25) is 0 Å². The van der Waals surface area contributed by atoms with E-state index >= 15 is 0 Å². The Morgan fingerprint density at radius 1 is 1.37 bits per heavy atom. The number of hydrogen-bond donors (Lipinski definition) is 3. The number of rotatable bonds is 2. The summed E-state index contributed by atoms with van der Waals surface area (Å²) in [5.41, 5.74) is 7.71. The molecule has 100 valence electrons. The van der Waals surface area contributed by atoms with Crippen LogP contribution in [0, 0.1) is 5.92 Å². The van der Waals surface area contributed by atoms with E-state index in [4.69, 9.17) is 10.5 Å². The van der Waals surface area contributed by atoms with Crippen LogP contribution in [-0.4, -0.2) is 44.7 Å². The van der Waals surface area contributed by atoms with Gasteiger partial charge in [-0.25, -0.2) is 15.0 Å². The average Bonchev–Trinajstić information content (AvgIpc) is 2.93. The second-order valence-electron chi connectivity index (χ2n) is 5.21. The highest BCUT2D eigenvalue weighted by molar-refractivity contribution is 5.82. The van der Waals surface area contributed by atoms with Gasteiger partial charge < -0.3 is 20.8 Å². The third-order valence-corrected chi connectivity index (χ3v) is 4.20. The Morgan fingerprint density at radius 2 is 2.32 bits per heavy atom. The van der Waals surface area contributed by atoms with Crippen molar-refractivity contribution in [2.24, 2.45) is 11.7 Å². The summed E-state index contributed by atoms with van der Waals surface area (Å²) in [4.78, 5) is 15.5. The lowest BCUT2D eigenvalue weighted by atomic mass is 9.68. The SMILES string of the molecule is NC1C2CCCOC2C1Nc1ncnc2nc[nH]c12. The van der Waals surface area contributed by atoms with Crippen LogP contribution < -0.4 is 11.1 Å². The van der Waals surface area contributed by atoms with Crippen molar-refractivity contribution in [1.29, 1.82) is 0 Å². The first-order valence-corrected chi connectivity index (χ1v) is 6.62. The molecule has 1 aliphatic heterocycles. The fourth-order valence-corrected chi connectivity index (χ4v) is 3.16. The number of fused-ring (bicyclic) bond motifs is 2. The summed E-state index contributed by atoms with van der Waals surface area (Å²) >= 11 is 0. The van der Waals surface area contributed by atoms with Crippen LogP contribution in [0.25, 0.3) is 11.2 Å². The van der Waals surface area contributed by atoms with E-state index in [9.17, 15) is 0 Å². The minimum absolute atomic E-state index is 0.117. The van der Waals surface area contributed by atoms with Crippen molar-refractivity contribution in [2.75, 3.05) is 11.9 Å². The van der Waals surface area contributed by atoms with E-state index in [-0.39, 0.29) is 18.2 Å². The van der Waals surface area contributed by atoms with Crippen molar-refractivity contribution in [2.45, 2.75) is 31.0 Å². The Balaban J connectivity index is 1.60. The molecule has 0 aromatic carbocycles. The smallest absolute Gasteiger partial charge is 0.182 e. The Kier molecular flexibility index (Phi) is 2.42. The quantitative estimate of drug-likeness (QED) is 0.716. The maximum Gasteiger partial charge on any atom is 0.182 e. The lowest BCUT2D eigenvalue weighted by molar-refractivity contribution is -0.104. The summed E-state index contributed by atoms with van der Waals surface area (Å²) in [6, 6.07) is 0.241. The summed E-state index contributed by atoms with van der Waals surface area (Å²) in [5, 5.41) is 3.38. The van der Waals surface area contributed by atoms with Gasteiger partial charge in [-0.05, 0) is 12.8 Å². The zero-order valence-corrected chi connectivity index (χ0v) is 10.4.